The van der Waals surface area contributed by atoms with Crippen LogP contribution in [0, 0.1) is 12.8 Å². The SMILES string of the molecule is Cc1ccccc1C1CCCN1C(=O)CC1CCNCC1.Cl. The first-order valence-electron chi connectivity index (χ1n) is 8.31. The van der Waals surface area contributed by atoms with Crippen molar-refractivity contribution in [3.05, 3.63) is 35.4 Å². The molecule has 2 heterocycles. The molecule has 2 fully saturated rings. The molecule has 0 spiro atoms. The molecule has 0 saturated carbocycles. The Hall–Kier alpha value is -1.06. The number of carbonyl (C=O) groups excluding carboxylic acids is 1. The molecule has 0 radical (unpaired) electrons. The quantitative estimate of drug-likeness (QED) is 0.924. The Bertz CT molecular complexity index is 500. The van der Waals surface area contributed by atoms with Crippen molar-refractivity contribution in [2.45, 2.75) is 45.1 Å². The number of likely N-dealkylation sites (tertiary alicyclic amines) is 1. The van der Waals surface area contributed by atoms with Crippen LogP contribution in [0.4, 0.5) is 0 Å². The first-order valence-corrected chi connectivity index (χ1v) is 8.31. The van der Waals surface area contributed by atoms with Crippen molar-refractivity contribution >= 4 is 18.3 Å². The molecule has 1 aromatic rings. The molecular weight excluding hydrogens is 296 g/mol. The summed E-state index contributed by atoms with van der Waals surface area (Å²) in [5.74, 6) is 0.949. The van der Waals surface area contributed by atoms with Crippen molar-refractivity contribution in [1.82, 2.24) is 10.2 Å². The summed E-state index contributed by atoms with van der Waals surface area (Å²) in [5.41, 5.74) is 2.65. The third-order valence-corrected chi connectivity index (χ3v) is 5.04. The molecule has 1 N–H and O–H groups in total. The zero-order chi connectivity index (χ0) is 14.7. The van der Waals surface area contributed by atoms with Gasteiger partial charge in [0.25, 0.3) is 0 Å². The van der Waals surface area contributed by atoms with Gasteiger partial charge in [-0.2, -0.15) is 0 Å². The van der Waals surface area contributed by atoms with Crippen LogP contribution in [0.3, 0.4) is 0 Å². The van der Waals surface area contributed by atoms with E-state index in [-0.39, 0.29) is 12.4 Å². The lowest BCUT2D eigenvalue weighted by Gasteiger charge is -2.29. The van der Waals surface area contributed by atoms with Crippen molar-refractivity contribution in [2.24, 2.45) is 5.92 Å². The number of aryl methyl sites for hydroxylation is 1. The van der Waals surface area contributed by atoms with Gasteiger partial charge in [-0.1, -0.05) is 24.3 Å². The summed E-state index contributed by atoms with van der Waals surface area (Å²) in [5, 5.41) is 3.37. The fourth-order valence-corrected chi connectivity index (χ4v) is 3.80. The van der Waals surface area contributed by atoms with Gasteiger partial charge in [-0.25, -0.2) is 0 Å². The van der Waals surface area contributed by atoms with E-state index in [1.165, 1.54) is 11.1 Å². The van der Waals surface area contributed by atoms with E-state index in [0.717, 1.165) is 51.7 Å². The van der Waals surface area contributed by atoms with Crippen LogP contribution in [0.25, 0.3) is 0 Å². The summed E-state index contributed by atoms with van der Waals surface area (Å²) < 4.78 is 0. The Labute approximate surface area is 139 Å². The van der Waals surface area contributed by atoms with Crippen LogP contribution in [0.2, 0.25) is 0 Å². The van der Waals surface area contributed by atoms with Gasteiger partial charge in [0.15, 0.2) is 0 Å². The fourth-order valence-electron chi connectivity index (χ4n) is 3.80. The molecule has 2 aliphatic heterocycles. The maximum Gasteiger partial charge on any atom is 0.223 e. The van der Waals surface area contributed by atoms with E-state index in [0.29, 0.717) is 17.9 Å². The maximum atomic E-state index is 12.7. The van der Waals surface area contributed by atoms with Crippen LogP contribution < -0.4 is 5.32 Å². The van der Waals surface area contributed by atoms with Crippen molar-refractivity contribution < 1.29 is 4.79 Å². The molecular formula is C18H27ClN2O. The molecule has 22 heavy (non-hydrogen) atoms. The highest BCUT2D eigenvalue weighted by molar-refractivity contribution is 5.85. The second kappa shape index (κ2) is 7.98. The summed E-state index contributed by atoms with van der Waals surface area (Å²) in [6.45, 7) is 5.23. The van der Waals surface area contributed by atoms with E-state index in [1.807, 2.05) is 0 Å². The molecule has 1 unspecified atom stereocenters. The molecule has 1 amide bonds. The maximum absolute atomic E-state index is 12.7. The van der Waals surface area contributed by atoms with E-state index in [2.05, 4.69) is 41.4 Å². The van der Waals surface area contributed by atoms with Crippen LogP contribution in [0.1, 0.15) is 49.3 Å². The number of carbonyl (C=O) groups is 1. The largest absolute Gasteiger partial charge is 0.336 e. The molecule has 4 heteroatoms. The lowest BCUT2D eigenvalue weighted by molar-refractivity contribution is -0.133. The summed E-state index contributed by atoms with van der Waals surface area (Å²) in [7, 11) is 0. The molecule has 3 nitrogen and oxygen atoms in total. The molecule has 1 aromatic carbocycles. The monoisotopic (exact) mass is 322 g/mol. The highest BCUT2D eigenvalue weighted by Gasteiger charge is 2.31. The Morgan fingerprint density at radius 1 is 1.23 bits per heavy atom. The minimum atomic E-state index is 0. The van der Waals surface area contributed by atoms with Crippen LogP contribution >= 0.6 is 12.4 Å². The van der Waals surface area contributed by atoms with Gasteiger partial charge in [-0.3, -0.25) is 4.79 Å². The lowest BCUT2D eigenvalue weighted by atomic mass is 9.93. The standard InChI is InChI=1S/C18H26N2O.ClH/c1-14-5-2-3-6-16(14)17-7-4-12-20(17)18(21)13-15-8-10-19-11-9-15;/h2-3,5-6,15,17,19H,4,7-13H2,1H3;1H. The molecule has 0 aromatic heterocycles. The minimum Gasteiger partial charge on any atom is -0.336 e. The zero-order valence-corrected chi connectivity index (χ0v) is 14.2. The van der Waals surface area contributed by atoms with Gasteiger partial charge < -0.3 is 10.2 Å². The summed E-state index contributed by atoms with van der Waals surface area (Å²) in [4.78, 5) is 14.9. The summed E-state index contributed by atoms with van der Waals surface area (Å²) in [6, 6.07) is 8.82. The van der Waals surface area contributed by atoms with Gasteiger partial charge in [0.05, 0.1) is 6.04 Å². The average molecular weight is 323 g/mol. The number of piperidine rings is 1. The first kappa shape index (κ1) is 17.3. The highest BCUT2D eigenvalue weighted by atomic mass is 35.5. The van der Waals surface area contributed by atoms with Crippen molar-refractivity contribution in [3.8, 4) is 0 Å². The van der Waals surface area contributed by atoms with Crippen LogP contribution in [-0.2, 0) is 4.79 Å². The van der Waals surface area contributed by atoms with Crippen molar-refractivity contribution in [1.29, 1.82) is 0 Å². The van der Waals surface area contributed by atoms with E-state index >= 15 is 0 Å². The summed E-state index contributed by atoms with van der Waals surface area (Å²) in [6.07, 6.45) is 5.28. The smallest absolute Gasteiger partial charge is 0.223 e. The molecule has 122 valence electrons. The Kier molecular flexibility index (Phi) is 6.27. The number of rotatable bonds is 3. The Morgan fingerprint density at radius 2 is 1.95 bits per heavy atom. The third-order valence-electron chi connectivity index (χ3n) is 5.04. The number of hydrogen-bond acceptors (Lipinski definition) is 2. The van der Waals surface area contributed by atoms with Crippen LogP contribution in [0.5, 0.6) is 0 Å². The Morgan fingerprint density at radius 3 is 2.68 bits per heavy atom. The molecule has 1 atom stereocenters. The van der Waals surface area contributed by atoms with Gasteiger partial charge in [0.2, 0.25) is 5.91 Å². The van der Waals surface area contributed by atoms with E-state index in [1.54, 1.807) is 0 Å². The van der Waals surface area contributed by atoms with Crippen LogP contribution in [-0.4, -0.2) is 30.4 Å². The number of amides is 1. The molecule has 0 bridgehead atoms. The third kappa shape index (κ3) is 3.82. The minimum absolute atomic E-state index is 0. The van der Waals surface area contributed by atoms with E-state index in [4.69, 9.17) is 0 Å². The van der Waals surface area contributed by atoms with E-state index in [9.17, 15) is 4.79 Å². The highest BCUT2D eigenvalue weighted by Crippen LogP contribution is 2.34. The fraction of sp³-hybridized carbons (Fsp3) is 0.611. The van der Waals surface area contributed by atoms with Gasteiger partial charge in [-0.15, -0.1) is 12.4 Å². The van der Waals surface area contributed by atoms with Crippen molar-refractivity contribution in [3.63, 3.8) is 0 Å². The number of nitrogens with one attached hydrogen (secondary N) is 1. The molecule has 0 aliphatic carbocycles. The van der Waals surface area contributed by atoms with Gasteiger partial charge >= 0.3 is 0 Å². The number of nitrogens with zero attached hydrogens (tertiary/aromatic N) is 1. The molecule has 2 saturated heterocycles. The topological polar surface area (TPSA) is 32.3 Å². The first-order chi connectivity index (χ1) is 10.3. The molecule has 2 aliphatic rings. The predicted octanol–water partition coefficient (Wildman–Crippen LogP) is 3.47. The van der Waals surface area contributed by atoms with Crippen LogP contribution in [0.15, 0.2) is 24.3 Å². The molecule has 3 rings (SSSR count). The van der Waals surface area contributed by atoms with E-state index < -0.39 is 0 Å². The number of halogens is 1. The zero-order valence-electron chi connectivity index (χ0n) is 13.4. The second-order valence-corrected chi connectivity index (χ2v) is 6.50. The normalized spacial score (nSPS) is 22.4. The average Bonchev–Trinajstić information content (AvgIpc) is 2.98. The summed E-state index contributed by atoms with van der Waals surface area (Å²) >= 11 is 0. The number of hydrogen-bond donors (Lipinski definition) is 1. The van der Waals surface area contributed by atoms with Crippen molar-refractivity contribution in [2.75, 3.05) is 19.6 Å². The van der Waals surface area contributed by atoms with Gasteiger partial charge in [0.1, 0.15) is 0 Å². The van der Waals surface area contributed by atoms with Gasteiger partial charge in [0, 0.05) is 13.0 Å². The van der Waals surface area contributed by atoms with Gasteiger partial charge in [-0.05, 0) is 62.7 Å². The number of benzene rings is 1. The predicted molar refractivity (Wildman–Crippen MR) is 92.3 cm³/mol. The Balaban J connectivity index is 0.00000176. The lowest BCUT2D eigenvalue weighted by Crippen LogP contribution is -2.35. The second-order valence-electron chi connectivity index (χ2n) is 6.50.